The first kappa shape index (κ1) is 18.6. The molecule has 0 aliphatic heterocycles. The molecule has 0 unspecified atom stereocenters. The number of carbonyl (C=O) groups excluding carboxylic acids is 1. The molecule has 6 nitrogen and oxygen atoms in total. The highest BCUT2D eigenvalue weighted by molar-refractivity contribution is 7.13. The van der Waals surface area contributed by atoms with E-state index in [9.17, 15) is 4.79 Å². The van der Waals surface area contributed by atoms with Gasteiger partial charge in [-0.1, -0.05) is 25.1 Å². The lowest BCUT2D eigenvalue weighted by molar-refractivity contribution is -0.0974. The minimum absolute atomic E-state index is 0.232. The number of aromatic nitrogens is 2. The van der Waals surface area contributed by atoms with E-state index in [4.69, 9.17) is 9.47 Å². The molecule has 2 heterocycles. The average Bonchev–Trinajstić information content (AvgIpc) is 3.28. The predicted molar refractivity (Wildman–Crippen MR) is 103 cm³/mol. The van der Waals surface area contributed by atoms with E-state index in [1.165, 1.54) is 36.5 Å². The van der Waals surface area contributed by atoms with Gasteiger partial charge in [0.05, 0.1) is 12.2 Å². The van der Waals surface area contributed by atoms with E-state index in [0.29, 0.717) is 5.69 Å². The second kappa shape index (κ2) is 8.44. The van der Waals surface area contributed by atoms with E-state index in [1.807, 2.05) is 12.1 Å². The average molecular weight is 373 g/mol. The second-order valence-corrected chi connectivity index (χ2v) is 6.75. The highest BCUT2D eigenvalue weighted by atomic mass is 32.1. The van der Waals surface area contributed by atoms with Gasteiger partial charge < -0.3 is 19.4 Å². The summed E-state index contributed by atoms with van der Waals surface area (Å²) in [5.41, 5.74) is 2.64. The summed E-state index contributed by atoms with van der Waals surface area (Å²) in [5.74, 6) is -0.232. The van der Waals surface area contributed by atoms with Gasteiger partial charge in [0.15, 0.2) is 6.29 Å². The van der Waals surface area contributed by atoms with Gasteiger partial charge in [0, 0.05) is 37.0 Å². The molecule has 26 heavy (non-hydrogen) atoms. The summed E-state index contributed by atoms with van der Waals surface area (Å²) in [7, 11) is 3.07. The third kappa shape index (κ3) is 3.80. The SMILES string of the molecule is CCCn1c(-c2nc(C(=O)NCC(OC)OC)cs2)cc2ccccc21. The van der Waals surface area contributed by atoms with E-state index in [1.54, 1.807) is 5.38 Å². The van der Waals surface area contributed by atoms with Crippen LogP contribution in [0.2, 0.25) is 0 Å². The van der Waals surface area contributed by atoms with Gasteiger partial charge in [-0.15, -0.1) is 11.3 Å². The molecule has 1 amide bonds. The maximum Gasteiger partial charge on any atom is 0.270 e. The van der Waals surface area contributed by atoms with Crippen LogP contribution in [0.4, 0.5) is 0 Å². The molecular weight excluding hydrogens is 350 g/mol. The molecule has 3 aromatic rings. The molecule has 0 saturated carbocycles. The Balaban J connectivity index is 1.84. The number of methoxy groups -OCH3 is 2. The van der Waals surface area contributed by atoms with Gasteiger partial charge in [-0.3, -0.25) is 4.79 Å². The zero-order valence-corrected chi connectivity index (χ0v) is 16.0. The molecule has 2 aromatic heterocycles. The minimum atomic E-state index is -0.468. The Bertz CT molecular complexity index is 883. The molecule has 0 spiro atoms. The van der Waals surface area contributed by atoms with Crippen molar-refractivity contribution in [2.24, 2.45) is 0 Å². The topological polar surface area (TPSA) is 65.4 Å². The summed E-state index contributed by atoms with van der Waals surface area (Å²) in [6.07, 6.45) is 0.559. The molecule has 7 heteroatoms. The normalized spacial score (nSPS) is 11.4. The molecule has 3 rings (SSSR count). The summed E-state index contributed by atoms with van der Waals surface area (Å²) >= 11 is 1.48. The number of thiazole rings is 1. The Morgan fingerprint density at radius 2 is 2.08 bits per heavy atom. The number of amides is 1. The third-order valence-electron chi connectivity index (χ3n) is 4.17. The summed E-state index contributed by atoms with van der Waals surface area (Å²) in [4.78, 5) is 16.9. The molecule has 0 aliphatic carbocycles. The van der Waals surface area contributed by atoms with Gasteiger partial charge >= 0.3 is 0 Å². The predicted octanol–water partition coefficient (Wildman–Crippen LogP) is 3.52. The van der Waals surface area contributed by atoms with Crippen molar-refractivity contribution >= 4 is 28.1 Å². The quantitative estimate of drug-likeness (QED) is 0.614. The Morgan fingerprint density at radius 1 is 1.31 bits per heavy atom. The smallest absolute Gasteiger partial charge is 0.270 e. The second-order valence-electron chi connectivity index (χ2n) is 5.89. The first-order chi connectivity index (χ1) is 12.7. The van der Waals surface area contributed by atoms with Gasteiger partial charge in [0.2, 0.25) is 0 Å². The molecule has 1 aromatic carbocycles. The van der Waals surface area contributed by atoms with Gasteiger partial charge in [0.25, 0.3) is 5.91 Å². The highest BCUT2D eigenvalue weighted by Gasteiger charge is 2.17. The fourth-order valence-corrected chi connectivity index (χ4v) is 3.70. The number of aryl methyl sites for hydroxylation is 1. The molecule has 0 radical (unpaired) electrons. The van der Waals surface area contributed by atoms with Crippen molar-refractivity contribution in [1.82, 2.24) is 14.9 Å². The van der Waals surface area contributed by atoms with E-state index in [-0.39, 0.29) is 12.5 Å². The van der Waals surface area contributed by atoms with Crippen LogP contribution in [-0.4, -0.2) is 42.5 Å². The standard InChI is InChI=1S/C19H23N3O3S/c1-4-9-22-15-8-6-5-7-13(15)10-16(22)19-21-14(12-26-19)18(23)20-11-17(24-2)25-3/h5-8,10,12,17H,4,9,11H2,1-3H3,(H,20,23). The largest absolute Gasteiger partial charge is 0.354 e. The van der Waals surface area contributed by atoms with Crippen LogP contribution in [0.5, 0.6) is 0 Å². The van der Waals surface area contributed by atoms with Crippen LogP contribution >= 0.6 is 11.3 Å². The van der Waals surface area contributed by atoms with Crippen molar-refractivity contribution in [3.8, 4) is 10.7 Å². The van der Waals surface area contributed by atoms with Gasteiger partial charge in [-0.2, -0.15) is 0 Å². The van der Waals surface area contributed by atoms with E-state index in [0.717, 1.165) is 23.7 Å². The van der Waals surface area contributed by atoms with Gasteiger partial charge in [-0.05, 0) is 18.6 Å². The number of fused-ring (bicyclic) bond motifs is 1. The summed E-state index contributed by atoms with van der Waals surface area (Å²) < 4.78 is 12.4. The van der Waals surface area contributed by atoms with Gasteiger partial charge in [-0.25, -0.2) is 4.98 Å². The minimum Gasteiger partial charge on any atom is -0.354 e. The van der Waals surface area contributed by atoms with Crippen molar-refractivity contribution in [2.75, 3.05) is 20.8 Å². The number of benzene rings is 1. The highest BCUT2D eigenvalue weighted by Crippen LogP contribution is 2.30. The molecule has 138 valence electrons. The first-order valence-corrected chi connectivity index (χ1v) is 9.43. The maximum atomic E-state index is 12.3. The van der Waals surface area contributed by atoms with Crippen LogP contribution in [0.3, 0.4) is 0 Å². The van der Waals surface area contributed by atoms with Crippen molar-refractivity contribution in [2.45, 2.75) is 26.2 Å². The zero-order valence-electron chi connectivity index (χ0n) is 15.2. The van der Waals surface area contributed by atoms with Crippen molar-refractivity contribution in [1.29, 1.82) is 0 Å². The Hall–Kier alpha value is -2.22. The van der Waals surface area contributed by atoms with Crippen LogP contribution in [0.15, 0.2) is 35.7 Å². The molecule has 0 fully saturated rings. The molecule has 0 bridgehead atoms. The number of nitrogens with one attached hydrogen (secondary N) is 1. The van der Waals surface area contributed by atoms with Crippen molar-refractivity contribution < 1.29 is 14.3 Å². The number of rotatable bonds is 8. The zero-order chi connectivity index (χ0) is 18.5. The Morgan fingerprint density at radius 3 is 2.81 bits per heavy atom. The number of hydrogen-bond donors (Lipinski definition) is 1. The Kier molecular flexibility index (Phi) is 6.03. The van der Waals surface area contributed by atoms with E-state index >= 15 is 0 Å². The first-order valence-electron chi connectivity index (χ1n) is 8.55. The number of hydrogen-bond acceptors (Lipinski definition) is 5. The molecule has 1 N–H and O–H groups in total. The van der Waals surface area contributed by atoms with Gasteiger partial charge in [0.1, 0.15) is 10.7 Å². The van der Waals surface area contributed by atoms with Crippen LogP contribution in [0.25, 0.3) is 21.6 Å². The van der Waals surface area contributed by atoms with E-state index < -0.39 is 6.29 Å². The lowest BCUT2D eigenvalue weighted by Crippen LogP contribution is -2.34. The number of carbonyl (C=O) groups is 1. The molecule has 0 aliphatic rings. The monoisotopic (exact) mass is 373 g/mol. The van der Waals surface area contributed by atoms with Crippen molar-refractivity contribution in [3.63, 3.8) is 0 Å². The Labute approximate surface area is 156 Å². The summed E-state index contributed by atoms with van der Waals surface area (Å²) in [6, 6.07) is 10.4. The molecule has 0 saturated heterocycles. The van der Waals surface area contributed by atoms with Crippen LogP contribution in [0, 0.1) is 0 Å². The lowest BCUT2D eigenvalue weighted by Gasteiger charge is -2.13. The van der Waals surface area contributed by atoms with Crippen LogP contribution in [0.1, 0.15) is 23.8 Å². The third-order valence-corrected chi connectivity index (χ3v) is 5.03. The summed E-state index contributed by atoms with van der Waals surface area (Å²) in [6.45, 7) is 3.34. The fraction of sp³-hybridized carbons (Fsp3) is 0.368. The molecular formula is C19H23N3O3S. The fourth-order valence-electron chi connectivity index (χ4n) is 2.88. The summed E-state index contributed by atoms with van der Waals surface area (Å²) in [5, 5.41) is 6.59. The maximum absolute atomic E-state index is 12.3. The lowest BCUT2D eigenvalue weighted by atomic mass is 10.2. The van der Waals surface area contributed by atoms with E-state index in [2.05, 4.69) is 40.0 Å². The van der Waals surface area contributed by atoms with Crippen LogP contribution in [-0.2, 0) is 16.0 Å². The number of nitrogens with zero attached hydrogens (tertiary/aromatic N) is 2. The number of para-hydroxylation sites is 1. The van der Waals surface area contributed by atoms with Crippen molar-refractivity contribution in [3.05, 3.63) is 41.4 Å². The van der Waals surface area contributed by atoms with Crippen LogP contribution < -0.4 is 5.32 Å². The number of ether oxygens (including phenoxy) is 2. The molecule has 0 atom stereocenters.